The Hall–Kier alpha value is -2.04. The summed E-state index contributed by atoms with van der Waals surface area (Å²) in [5.41, 5.74) is 1.89. The minimum Gasteiger partial charge on any atom is -0.308 e. The van der Waals surface area contributed by atoms with E-state index in [0.29, 0.717) is 0 Å². The maximum absolute atomic E-state index is 12.7. The number of aromatic nitrogens is 3. The number of piperidine rings is 1. The van der Waals surface area contributed by atoms with Crippen LogP contribution in [0.15, 0.2) is 41.2 Å². The largest absolute Gasteiger partial charge is 0.308 e. The number of hydrogen-bond acceptors (Lipinski definition) is 6. The van der Waals surface area contributed by atoms with Crippen LogP contribution in [0.25, 0.3) is 6.08 Å². The Kier molecular flexibility index (Phi) is 5.50. The molecule has 10 heteroatoms. The molecule has 0 unspecified atom stereocenters. The normalized spacial score (nSPS) is 17.6. The second-order valence-electron chi connectivity index (χ2n) is 6.63. The molecule has 1 fully saturated rings. The molecule has 1 aliphatic rings. The standard InChI is InChI=1S/C17H22N4O4S2/c1-14-3-5-15(6-4-14)9-12-26(22,23)21-10-7-16(8-11-21)27(24,25)17-19-18-13-20(17)2/h3-6,9,12-13,16H,7-8,10-11H2,1-2H3/b12-9+. The number of rotatable bonds is 5. The predicted octanol–water partition coefficient (Wildman–Crippen LogP) is 1.36. The van der Waals surface area contributed by atoms with Gasteiger partial charge in [0.15, 0.2) is 0 Å². The van der Waals surface area contributed by atoms with Crippen LogP contribution in [0.3, 0.4) is 0 Å². The minimum absolute atomic E-state index is 0.0805. The first-order chi connectivity index (χ1) is 12.7. The average molecular weight is 411 g/mol. The van der Waals surface area contributed by atoms with Crippen LogP contribution in [0, 0.1) is 6.92 Å². The highest BCUT2D eigenvalue weighted by Crippen LogP contribution is 2.25. The average Bonchev–Trinajstić information content (AvgIpc) is 3.08. The lowest BCUT2D eigenvalue weighted by atomic mass is 10.2. The van der Waals surface area contributed by atoms with Gasteiger partial charge in [-0.15, -0.1) is 10.2 Å². The first kappa shape index (κ1) is 19.7. The number of hydrogen-bond donors (Lipinski definition) is 0. The van der Waals surface area contributed by atoms with Gasteiger partial charge < -0.3 is 4.57 Å². The molecule has 0 atom stereocenters. The SMILES string of the molecule is Cc1ccc(/C=C/S(=O)(=O)N2CCC(S(=O)(=O)c3nncn3C)CC2)cc1. The molecule has 1 saturated heterocycles. The third-order valence-corrected chi connectivity index (χ3v) is 8.43. The molecule has 8 nitrogen and oxygen atoms in total. The van der Waals surface area contributed by atoms with Gasteiger partial charge in [0, 0.05) is 25.5 Å². The number of nitrogens with zero attached hydrogens (tertiary/aromatic N) is 4. The highest BCUT2D eigenvalue weighted by atomic mass is 32.2. The van der Waals surface area contributed by atoms with Crippen molar-refractivity contribution in [2.24, 2.45) is 7.05 Å². The Bertz CT molecular complexity index is 1030. The maximum Gasteiger partial charge on any atom is 0.249 e. The predicted molar refractivity (Wildman–Crippen MR) is 102 cm³/mol. The molecule has 1 aliphatic heterocycles. The van der Waals surface area contributed by atoms with Crippen molar-refractivity contribution >= 4 is 25.9 Å². The summed E-state index contributed by atoms with van der Waals surface area (Å²) in [4.78, 5) is 0. The number of aryl methyl sites for hydroxylation is 2. The van der Waals surface area contributed by atoms with Crippen LogP contribution < -0.4 is 0 Å². The van der Waals surface area contributed by atoms with E-state index in [1.165, 1.54) is 20.6 Å². The molecule has 0 spiro atoms. The summed E-state index contributed by atoms with van der Waals surface area (Å²) in [6, 6.07) is 7.52. The van der Waals surface area contributed by atoms with Gasteiger partial charge in [0.05, 0.1) is 5.25 Å². The van der Waals surface area contributed by atoms with E-state index < -0.39 is 25.1 Å². The highest BCUT2D eigenvalue weighted by Gasteiger charge is 2.36. The summed E-state index contributed by atoms with van der Waals surface area (Å²) in [6.07, 6.45) is 3.35. The van der Waals surface area contributed by atoms with E-state index in [2.05, 4.69) is 10.2 Å². The van der Waals surface area contributed by atoms with E-state index in [1.54, 1.807) is 13.1 Å². The third kappa shape index (κ3) is 4.28. The van der Waals surface area contributed by atoms with Crippen molar-refractivity contribution in [3.63, 3.8) is 0 Å². The molecule has 3 rings (SSSR count). The van der Waals surface area contributed by atoms with Crippen LogP contribution in [0.1, 0.15) is 24.0 Å². The van der Waals surface area contributed by atoms with Crippen molar-refractivity contribution in [3.05, 3.63) is 47.1 Å². The van der Waals surface area contributed by atoms with Crippen molar-refractivity contribution in [1.29, 1.82) is 0 Å². The van der Waals surface area contributed by atoms with Gasteiger partial charge in [-0.05, 0) is 31.4 Å². The molecule has 1 aromatic heterocycles. The summed E-state index contributed by atoms with van der Waals surface area (Å²) < 4.78 is 53.1. The van der Waals surface area contributed by atoms with Crippen LogP contribution in [0.4, 0.5) is 0 Å². The summed E-state index contributed by atoms with van der Waals surface area (Å²) >= 11 is 0. The Morgan fingerprint density at radius 1 is 1.07 bits per heavy atom. The molecular formula is C17H22N4O4S2. The van der Waals surface area contributed by atoms with Crippen LogP contribution >= 0.6 is 0 Å². The van der Waals surface area contributed by atoms with E-state index in [4.69, 9.17) is 0 Å². The summed E-state index contributed by atoms with van der Waals surface area (Å²) in [5, 5.41) is 7.73. The fourth-order valence-electron chi connectivity index (χ4n) is 3.00. The fraction of sp³-hybridized carbons (Fsp3) is 0.412. The molecule has 146 valence electrons. The summed E-state index contributed by atoms with van der Waals surface area (Å²) in [7, 11) is -5.65. The highest BCUT2D eigenvalue weighted by molar-refractivity contribution is 7.92. The number of benzene rings is 1. The zero-order valence-electron chi connectivity index (χ0n) is 15.2. The molecule has 0 aliphatic carbocycles. The molecule has 0 N–H and O–H groups in total. The zero-order chi connectivity index (χ0) is 19.7. The molecule has 0 bridgehead atoms. The van der Waals surface area contributed by atoms with Gasteiger partial charge in [0.25, 0.3) is 0 Å². The lowest BCUT2D eigenvalue weighted by Gasteiger charge is -2.29. The third-order valence-electron chi connectivity index (χ3n) is 4.63. The van der Waals surface area contributed by atoms with Gasteiger partial charge in [-0.3, -0.25) is 0 Å². The minimum atomic E-state index is -3.63. The Morgan fingerprint density at radius 2 is 1.70 bits per heavy atom. The van der Waals surface area contributed by atoms with Gasteiger partial charge in [-0.2, -0.15) is 4.31 Å². The first-order valence-corrected chi connectivity index (χ1v) is 11.6. The van der Waals surface area contributed by atoms with E-state index in [0.717, 1.165) is 11.1 Å². The van der Waals surface area contributed by atoms with Crippen LogP contribution in [0.5, 0.6) is 0 Å². The molecule has 0 saturated carbocycles. The van der Waals surface area contributed by atoms with Gasteiger partial charge in [-0.25, -0.2) is 16.8 Å². The molecule has 0 amide bonds. The Morgan fingerprint density at radius 3 is 2.26 bits per heavy atom. The molecule has 2 aromatic rings. The first-order valence-electron chi connectivity index (χ1n) is 8.53. The van der Waals surface area contributed by atoms with E-state index in [1.807, 2.05) is 31.2 Å². The monoisotopic (exact) mass is 410 g/mol. The summed E-state index contributed by atoms with van der Waals surface area (Å²) in [5.74, 6) is 0. The van der Waals surface area contributed by atoms with Crippen LogP contribution in [-0.2, 0) is 26.9 Å². The smallest absolute Gasteiger partial charge is 0.249 e. The van der Waals surface area contributed by atoms with Gasteiger partial charge in [-0.1, -0.05) is 29.8 Å². The van der Waals surface area contributed by atoms with Gasteiger partial charge >= 0.3 is 0 Å². The number of sulfone groups is 1. The number of sulfonamides is 1. The fourth-order valence-corrected chi connectivity index (χ4v) is 5.96. The summed E-state index contributed by atoms with van der Waals surface area (Å²) in [6.45, 7) is 2.27. The van der Waals surface area contributed by atoms with Gasteiger partial charge in [0.1, 0.15) is 6.33 Å². The van der Waals surface area contributed by atoms with Crippen LogP contribution in [-0.4, -0.2) is 54.2 Å². The van der Waals surface area contributed by atoms with Crippen molar-refractivity contribution in [3.8, 4) is 0 Å². The maximum atomic E-state index is 12.7. The quantitative estimate of drug-likeness (QED) is 0.738. The van der Waals surface area contributed by atoms with E-state index in [-0.39, 0.29) is 31.1 Å². The van der Waals surface area contributed by atoms with E-state index >= 15 is 0 Å². The molecular weight excluding hydrogens is 388 g/mol. The molecule has 0 radical (unpaired) electrons. The molecule has 1 aromatic carbocycles. The lowest BCUT2D eigenvalue weighted by molar-refractivity contribution is 0.348. The topological polar surface area (TPSA) is 102 Å². The second-order valence-corrected chi connectivity index (χ2v) is 10.6. The van der Waals surface area contributed by atoms with Crippen molar-refractivity contribution in [2.75, 3.05) is 13.1 Å². The molecule has 2 heterocycles. The zero-order valence-corrected chi connectivity index (χ0v) is 16.8. The second kappa shape index (κ2) is 7.53. The van der Waals surface area contributed by atoms with Crippen LogP contribution in [0.2, 0.25) is 0 Å². The Labute approximate surface area is 159 Å². The van der Waals surface area contributed by atoms with E-state index in [9.17, 15) is 16.8 Å². The molecule has 27 heavy (non-hydrogen) atoms. The van der Waals surface area contributed by atoms with Crippen molar-refractivity contribution < 1.29 is 16.8 Å². The lowest BCUT2D eigenvalue weighted by Crippen LogP contribution is -2.42. The Balaban J connectivity index is 1.67. The van der Waals surface area contributed by atoms with Gasteiger partial charge in [0.2, 0.25) is 25.0 Å². The van der Waals surface area contributed by atoms with Crippen molar-refractivity contribution in [2.45, 2.75) is 30.2 Å². The van der Waals surface area contributed by atoms with Crippen molar-refractivity contribution in [1.82, 2.24) is 19.1 Å².